The number of hydrogen-bond acceptors (Lipinski definition) is 5. The van der Waals surface area contributed by atoms with Crippen molar-refractivity contribution in [3.63, 3.8) is 0 Å². The normalized spacial score (nSPS) is 15.2. The lowest BCUT2D eigenvalue weighted by Crippen LogP contribution is -2.38. The van der Waals surface area contributed by atoms with Gasteiger partial charge in [0.2, 0.25) is 10.7 Å². The predicted molar refractivity (Wildman–Crippen MR) is 97.7 cm³/mol. The highest BCUT2D eigenvalue weighted by Crippen LogP contribution is 2.16. The molecule has 0 bridgehead atoms. The second-order valence-corrected chi connectivity index (χ2v) is 6.43. The number of benzene rings is 1. The molecule has 1 saturated heterocycles. The van der Waals surface area contributed by atoms with E-state index in [9.17, 15) is 0 Å². The molecular weight excluding hydrogens is 322 g/mol. The van der Waals surface area contributed by atoms with Gasteiger partial charge in [0.25, 0.3) is 0 Å². The average Bonchev–Trinajstić information content (AvgIpc) is 2.92. The first-order valence-electron chi connectivity index (χ1n) is 8.42. The molecule has 1 fully saturated rings. The maximum Gasteiger partial charge on any atom is 0.226 e. The molecule has 130 valence electrons. The first kappa shape index (κ1) is 17.1. The lowest BCUT2D eigenvalue weighted by molar-refractivity contribution is 0.121. The molecular formula is C17H25N5OS. The summed E-state index contributed by atoms with van der Waals surface area (Å²) < 4.78 is 10.3. The molecule has 0 N–H and O–H groups in total. The summed E-state index contributed by atoms with van der Waals surface area (Å²) in [6.07, 6.45) is 0. The van der Waals surface area contributed by atoms with Gasteiger partial charge in [0.15, 0.2) is 0 Å². The number of hydrogen-bond donors (Lipinski definition) is 0. The van der Waals surface area contributed by atoms with Gasteiger partial charge in [-0.05, 0) is 31.8 Å². The zero-order valence-electron chi connectivity index (χ0n) is 14.4. The standard InChI is InChI=1S/C17H25N5OS/c1-3-21-16(20-9-11-23-12-10-20)18-22(17(21)24)14-19(2)13-15-7-5-4-6-8-15/h4-8H,3,9-14H2,1-2H3. The smallest absolute Gasteiger partial charge is 0.226 e. The van der Waals surface area contributed by atoms with Gasteiger partial charge >= 0.3 is 0 Å². The number of aromatic nitrogens is 3. The van der Waals surface area contributed by atoms with E-state index in [1.165, 1.54) is 5.56 Å². The molecule has 0 amide bonds. The van der Waals surface area contributed by atoms with Crippen LogP contribution in [0.3, 0.4) is 0 Å². The highest BCUT2D eigenvalue weighted by atomic mass is 32.1. The number of morpholine rings is 1. The van der Waals surface area contributed by atoms with E-state index in [2.05, 4.69) is 52.6 Å². The van der Waals surface area contributed by atoms with Crippen molar-refractivity contribution in [3.05, 3.63) is 40.7 Å². The summed E-state index contributed by atoms with van der Waals surface area (Å²) in [5, 5.41) is 4.79. The summed E-state index contributed by atoms with van der Waals surface area (Å²) in [6, 6.07) is 10.4. The van der Waals surface area contributed by atoms with Crippen LogP contribution in [0.5, 0.6) is 0 Å². The van der Waals surface area contributed by atoms with Crippen LogP contribution in [0.4, 0.5) is 5.95 Å². The van der Waals surface area contributed by atoms with Gasteiger partial charge in [-0.15, -0.1) is 5.10 Å². The predicted octanol–water partition coefficient (Wildman–Crippen LogP) is 2.36. The van der Waals surface area contributed by atoms with E-state index >= 15 is 0 Å². The summed E-state index contributed by atoms with van der Waals surface area (Å²) in [5.74, 6) is 0.957. The second-order valence-electron chi connectivity index (χ2n) is 6.07. The summed E-state index contributed by atoms with van der Waals surface area (Å²) in [5.41, 5.74) is 1.29. The second kappa shape index (κ2) is 7.92. The third-order valence-electron chi connectivity index (χ3n) is 4.18. The Labute approximate surface area is 148 Å². The van der Waals surface area contributed by atoms with E-state index < -0.39 is 0 Å². The molecule has 0 radical (unpaired) electrons. The van der Waals surface area contributed by atoms with Crippen molar-refractivity contribution < 1.29 is 4.74 Å². The monoisotopic (exact) mass is 347 g/mol. The average molecular weight is 347 g/mol. The van der Waals surface area contributed by atoms with Crippen molar-refractivity contribution in [3.8, 4) is 0 Å². The molecule has 24 heavy (non-hydrogen) atoms. The van der Waals surface area contributed by atoms with Gasteiger partial charge in [-0.3, -0.25) is 9.47 Å². The molecule has 2 aromatic rings. The van der Waals surface area contributed by atoms with Crippen molar-refractivity contribution in [1.82, 2.24) is 19.2 Å². The number of anilines is 1. The van der Waals surface area contributed by atoms with E-state index in [0.717, 1.165) is 50.1 Å². The number of ether oxygens (including phenoxy) is 1. The lowest BCUT2D eigenvalue weighted by Gasteiger charge is -2.27. The molecule has 0 aliphatic carbocycles. The Morgan fingerprint density at radius 3 is 2.58 bits per heavy atom. The van der Waals surface area contributed by atoms with E-state index in [1.807, 2.05) is 10.7 Å². The Morgan fingerprint density at radius 2 is 1.92 bits per heavy atom. The van der Waals surface area contributed by atoms with Gasteiger partial charge in [0.05, 0.1) is 19.9 Å². The van der Waals surface area contributed by atoms with E-state index in [0.29, 0.717) is 6.67 Å². The van der Waals surface area contributed by atoms with E-state index in [4.69, 9.17) is 22.1 Å². The van der Waals surface area contributed by atoms with Crippen molar-refractivity contribution in [2.75, 3.05) is 38.3 Å². The Morgan fingerprint density at radius 1 is 1.21 bits per heavy atom. The zero-order valence-corrected chi connectivity index (χ0v) is 15.2. The SMILES string of the molecule is CCn1c(N2CCOCC2)nn(CN(C)Cc2ccccc2)c1=S. The molecule has 0 spiro atoms. The number of rotatable bonds is 6. The number of nitrogens with zero attached hydrogens (tertiary/aromatic N) is 5. The molecule has 1 aromatic heterocycles. The molecule has 2 heterocycles. The topological polar surface area (TPSA) is 38.5 Å². The van der Waals surface area contributed by atoms with Gasteiger partial charge in [0, 0.05) is 26.2 Å². The Hall–Kier alpha value is -1.70. The lowest BCUT2D eigenvalue weighted by atomic mass is 10.2. The van der Waals surface area contributed by atoms with Gasteiger partial charge in [0.1, 0.15) is 0 Å². The minimum atomic E-state index is 0.679. The van der Waals surface area contributed by atoms with Crippen molar-refractivity contribution in [1.29, 1.82) is 0 Å². The third kappa shape index (κ3) is 3.85. The highest BCUT2D eigenvalue weighted by Gasteiger charge is 2.19. The van der Waals surface area contributed by atoms with Crippen LogP contribution in [0.25, 0.3) is 0 Å². The van der Waals surface area contributed by atoms with Gasteiger partial charge < -0.3 is 9.64 Å². The first-order valence-corrected chi connectivity index (χ1v) is 8.82. The minimum Gasteiger partial charge on any atom is -0.378 e. The largest absolute Gasteiger partial charge is 0.378 e. The summed E-state index contributed by atoms with van der Waals surface area (Å²) in [4.78, 5) is 4.48. The fraction of sp³-hybridized carbons (Fsp3) is 0.529. The summed E-state index contributed by atoms with van der Waals surface area (Å²) in [6.45, 7) is 7.71. The van der Waals surface area contributed by atoms with Gasteiger partial charge in [-0.2, -0.15) is 0 Å². The molecule has 3 rings (SSSR count). The fourth-order valence-electron chi connectivity index (χ4n) is 2.97. The van der Waals surface area contributed by atoms with Crippen LogP contribution in [0.1, 0.15) is 12.5 Å². The van der Waals surface area contributed by atoms with Crippen LogP contribution < -0.4 is 4.90 Å². The molecule has 1 aromatic carbocycles. The fourth-order valence-corrected chi connectivity index (χ4v) is 3.28. The Kier molecular flexibility index (Phi) is 5.65. The summed E-state index contributed by atoms with van der Waals surface area (Å²) in [7, 11) is 2.09. The molecule has 0 unspecified atom stereocenters. The van der Waals surface area contributed by atoms with Crippen molar-refractivity contribution in [2.45, 2.75) is 26.7 Å². The molecule has 7 heteroatoms. The minimum absolute atomic E-state index is 0.679. The van der Waals surface area contributed by atoms with Crippen LogP contribution in [0, 0.1) is 4.77 Å². The maximum absolute atomic E-state index is 5.64. The van der Waals surface area contributed by atoms with Gasteiger partial charge in [-0.25, -0.2) is 4.68 Å². The quantitative estimate of drug-likeness (QED) is 0.750. The highest BCUT2D eigenvalue weighted by molar-refractivity contribution is 7.71. The van der Waals surface area contributed by atoms with Crippen LogP contribution >= 0.6 is 12.2 Å². The maximum atomic E-state index is 5.64. The van der Waals surface area contributed by atoms with E-state index in [-0.39, 0.29) is 0 Å². The molecule has 1 aliphatic rings. The van der Waals surface area contributed by atoms with Crippen molar-refractivity contribution in [2.24, 2.45) is 0 Å². The van der Waals surface area contributed by atoms with Gasteiger partial charge in [-0.1, -0.05) is 30.3 Å². The Balaban J connectivity index is 1.75. The third-order valence-corrected chi connectivity index (χ3v) is 4.62. The summed E-state index contributed by atoms with van der Waals surface area (Å²) >= 11 is 5.64. The molecule has 1 aliphatic heterocycles. The first-order chi connectivity index (χ1) is 11.7. The van der Waals surface area contributed by atoms with E-state index in [1.54, 1.807) is 0 Å². The van der Waals surface area contributed by atoms with Crippen LogP contribution in [-0.4, -0.2) is 52.6 Å². The van der Waals surface area contributed by atoms with Crippen LogP contribution in [-0.2, 0) is 24.5 Å². The Bertz CT molecular complexity index is 706. The molecule has 0 atom stereocenters. The molecule has 0 saturated carbocycles. The van der Waals surface area contributed by atoms with Crippen LogP contribution in [0.2, 0.25) is 0 Å². The zero-order chi connectivity index (χ0) is 16.9. The van der Waals surface area contributed by atoms with Crippen molar-refractivity contribution >= 4 is 18.2 Å². The van der Waals surface area contributed by atoms with Crippen LogP contribution in [0.15, 0.2) is 30.3 Å². The molecule has 6 nitrogen and oxygen atoms in total.